The summed E-state index contributed by atoms with van der Waals surface area (Å²) in [4.78, 5) is 47.5. The summed E-state index contributed by atoms with van der Waals surface area (Å²) < 4.78 is 11.9. The van der Waals surface area contributed by atoms with Gasteiger partial charge in [-0.2, -0.15) is 0 Å². The number of ether oxygens (including phenoxy) is 2. The molecule has 6 nitrogen and oxygen atoms in total. The molecule has 0 unspecified atom stereocenters. The molecule has 0 aromatic heterocycles. The van der Waals surface area contributed by atoms with E-state index < -0.39 is 22.7 Å². The maximum atomic E-state index is 16.0. The number of imide groups is 1. The topological polar surface area (TPSA) is 72.9 Å². The van der Waals surface area contributed by atoms with Gasteiger partial charge in [-0.15, -0.1) is 0 Å². The lowest BCUT2D eigenvalue weighted by Crippen LogP contribution is -2.45. The highest BCUT2D eigenvalue weighted by Crippen LogP contribution is 2.74. The SMILES string of the molecule is COc1ccc(C2=C(c3ccc(OC)cc3)[C@@]3(c4ccccc4)C(=O)[C@@]2(c2ccccc2)[C@H]2C(=O)N(c4cccc(I)c4)C(=O)[C@@H]23)cc1. The third-order valence-electron chi connectivity index (χ3n) is 10.3. The molecule has 7 heteroatoms. The number of nitrogens with zero attached hydrogens (tertiary/aromatic N) is 1. The molecule has 236 valence electrons. The largest absolute Gasteiger partial charge is 0.497 e. The van der Waals surface area contributed by atoms with Gasteiger partial charge < -0.3 is 9.47 Å². The lowest BCUT2D eigenvalue weighted by atomic mass is 9.59. The maximum absolute atomic E-state index is 16.0. The lowest BCUT2D eigenvalue weighted by molar-refractivity contribution is -0.130. The number of carbonyl (C=O) groups excluding carboxylic acids is 3. The molecular weight excluding hydrogens is 713 g/mol. The highest BCUT2D eigenvalue weighted by Gasteiger charge is 2.82. The second-order valence-corrected chi connectivity index (χ2v) is 13.6. The molecule has 0 N–H and O–H groups in total. The van der Waals surface area contributed by atoms with Gasteiger partial charge in [0.1, 0.15) is 11.5 Å². The van der Waals surface area contributed by atoms with E-state index in [1.165, 1.54) is 4.90 Å². The monoisotopic (exact) mass is 743 g/mol. The first-order chi connectivity index (χ1) is 23.4. The lowest BCUT2D eigenvalue weighted by Gasteiger charge is -2.39. The Bertz CT molecular complexity index is 2000. The van der Waals surface area contributed by atoms with Crippen LogP contribution < -0.4 is 14.4 Å². The molecule has 0 radical (unpaired) electrons. The quantitative estimate of drug-likeness (QED) is 0.128. The summed E-state index contributed by atoms with van der Waals surface area (Å²) in [7, 11) is 3.22. The third-order valence-corrected chi connectivity index (χ3v) is 10.9. The Morgan fingerprint density at radius 1 is 0.562 bits per heavy atom. The number of anilines is 1. The van der Waals surface area contributed by atoms with Gasteiger partial charge in [0, 0.05) is 3.57 Å². The van der Waals surface area contributed by atoms with E-state index in [0.717, 1.165) is 25.8 Å². The van der Waals surface area contributed by atoms with Gasteiger partial charge in [0.15, 0.2) is 5.78 Å². The summed E-state index contributed by atoms with van der Waals surface area (Å²) in [6, 6.07) is 41.7. The number of amides is 2. The smallest absolute Gasteiger partial charge is 0.239 e. The van der Waals surface area contributed by atoms with Crippen LogP contribution in [0.15, 0.2) is 133 Å². The molecule has 1 heterocycles. The van der Waals surface area contributed by atoms with Gasteiger partial charge in [-0.05, 0) is 98.5 Å². The average molecular weight is 744 g/mol. The van der Waals surface area contributed by atoms with E-state index in [-0.39, 0.29) is 17.6 Å². The first-order valence-electron chi connectivity index (χ1n) is 15.7. The van der Waals surface area contributed by atoms with Crippen LogP contribution in [0.1, 0.15) is 22.3 Å². The van der Waals surface area contributed by atoms with Crippen LogP contribution in [-0.4, -0.2) is 31.8 Å². The van der Waals surface area contributed by atoms with Crippen LogP contribution in [0, 0.1) is 15.4 Å². The van der Waals surface area contributed by atoms with Gasteiger partial charge in [-0.3, -0.25) is 14.4 Å². The molecular formula is C41H30INO5. The first kappa shape index (κ1) is 30.3. The zero-order valence-electron chi connectivity index (χ0n) is 26.2. The van der Waals surface area contributed by atoms with Crippen LogP contribution in [0.5, 0.6) is 11.5 Å². The number of carbonyl (C=O) groups is 3. The van der Waals surface area contributed by atoms with Crippen molar-refractivity contribution in [2.24, 2.45) is 11.8 Å². The fraction of sp³-hybridized carbons (Fsp3) is 0.146. The van der Waals surface area contributed by atoms with E-state index in [1.54, 1.807) is 20.3 Å². The first-order valence-corrected chi connectivity index (χ1v) is 16.8. The highest BCUT2D eigenvalue weighted by atomic mass is 127. The van der Waals surface area contributed by atoms with E-state index in [0.29, 0.717) is 28.3 Å². The molecule has 0 spiro atoms. The summed E-state index contributed by atoms with van der Waals surface area (Å²) in [6.07, 6.45) is 0. The average Bonchev–Trinajstić information content (AvgIpc) is 3.64. The number of fused-ring (bicyclic) bond motifs is 5. The van der Waals surface area contributed by atoms with Gasteiger partial charge >= 0.3 is 0 Å². The number of hydrogen-bond acceptors (Lipinski definition) is 5. The van der Waals surface area contributed by atoms with Gasteiger partial charge in [0.05, 0.1) is 42.6 Å². The Kier molecular flexibility index (Phi) is 7.14. The maximum Gasteiger partial charge on any atom is 0.239 e. The molecule has 48 heavy (non-hydrogen) atoms. The Hall–Kier alpha value is -5.02. The minimum atomic E-state index is -1.48. The molecule has 5 aromatic rings. The summed E-state index contributed by atoms with van der Waals surface area (Å²) in [5.41, 5.74) is 1.92. The van der Waals surface area contributed by atoms with E-state index in [4.69, 9.17) is 9.47 Å². The van der Waals surface area contributed by atoms with Crippen LogP contribution in [0.3, 0.4) is 0 Å². The zero-order valence-corrected chi connectivity index (χ0v) is 28.4. The molecule has 1 aliphatic heterocycles. The van der Waals surface area contributed by atoms with Gasteiger partial charge in [-0.1, -0.05) is 91.0 Å². The summed E-state index contributed by atoms with van der Waals surface area (Å²) in [5.74, 6) is -1.55. The number of rotatable bonds is 7. The Balaban J connectivity index is 1.55. The van der Waals surface area contributed by atoms with Crippen LogP contribution in [0.4, 0.5) is 5.69 Å². The van der Waals surface area contributed by atoms with E-state index >= 15 is 14.4 Å². The van der Waals surface area contributed by atoms with Crippen molar-refractivity contribution >= 4 is 57.0 Å². The zero-order chi connectivity index (χ0) is 33.2. The highest BCUT2D eigenvalue weighted by molar-refractivity contribution is 14.1. The van der Waals surface area contributed by atoms with Crippen LogP contribution in [0.2, 0.25) is 0 Å². The summed E-state index contributed by atoms with van der Waals surface area (Å²) >= 11 is 2.19. The van der Waals surface area contributed by atoms with Crippen molar-refractivity contribution in [3.63, 3.8) is 0 Å². The van der Waals surface area contributed by atoms with Crippen LogP contribution >= 0.6 is 22.6 Å². The van der Waals surface area contributed by atoms with E-state index in [2.05, 4.69) is 22.6 Å². The van der Waals surface area contributed by atoms with Crippen molar-refractivity contribution in [2.45, 2.75) is 10.8 Å². The predicted octanol–water partition coefficient (Wildman–Crippen LogP) is 7.50. The van der Waals surface area contributed by atoms with Crippen molar-refractivity contribution < 1.29 is 23.9 Å². The number of Topliss-reactive ketones (excluding diaryl/α,β-unsaturated/α-hetero) is 1. The molecule has 1 saturated carbocycles. The Morgan fingerprint density at radius 2 is 1.00 bits per heavy atom. The van der Waals surface area contributed by atoms with Crippen molar-refractivity contribution in [3.05, 3.63) is 159 Å². The van der Waals surface area contributed by atoms with Crippen molar-refractivity contribution in [2.75, 3.05) is 19.1 Å². The molecule has 2 fully saturated rings. The summed E-state index contributed by atoms with van der Waals surface area (Å²) in [5, 5.41) is 0. The molecule has 2 aliphatic carbocycles. The van der Waals surface area contributed by atoms with Gasteiger partial charge in [0.25, 0.3) is 0 Å². The number of allylic oxidation sites excluding steroid dienone is 2. The molecule has 5 aromatic carbocycles. The molecule has 3 aliphatic rings. The fourth-order valence-electron chi connectivity index (χ4n) is 8.51. The number of ketones is 1. The molecule has 8 rings (SSSR count). The van der Waals surface area contributed by atoms with Crippen molar-refractivity contribution in [1.82, 2.24) is 0 Å². The molecule has 2 amide bonds. The molecule has 2 bridgehead atoms. The molecule has 4 atom stereocenters. The van der Waals surface area contributed by atoms with Crippen LogP contribution in [0.25, 0.3) is 11.1 Å². The standard InChI is InChI=1S/C41H30INO5/c1-47-31-20-16-25(17-21-31)33-34(26-18-22-32(48-2)23-19-26)41(28-12-7-4-8-13-28)36-35(40(33,39(41)46)27-10-5-3-6-11-27)37(44)43(38(36)45)30-15-9-14-29(42)24-30/h3-24,35-36H,1-2H3/t35-,36-,40-,41-/m1/s1. The summed E-state index contributed by atoms with van der Waals surface area (Å²) in [6.45, 7) is 0. The van der Waals surface area contributed by atoms with Gasteiger partial charge in [-0.25, -0.2) is 4.90 Å². The van der Waals surface area contributed by atoms with Gasteiger partial charge in [0.2, 0.25) is 11.8 Å². The number of benzene rings is 5. The van der Waals surface area contributed by atoms with Crippen LogP contribution in [-0.2, 0) is 25.2 Å². The number of hydrogen-bond donors (Lipinski definition) is 0. The minimum Gasteiger partial charge on any atom is -0.497 e. The number of halogens is 1. The van der Waals surface area contributed by atoms with E-state index in [1.807, 2.05) is 127 Å². The number of methoxy groups -OCH3 is 2. The fourth-order valence-corrected chi connectivity index (χ4v) is 9.04. The second kappa shape index (κ2) is 11.3. The minimum absolute atomic E-state index is 0.164. The Morgan fingerprint density at radius 3 is 1.40 bits per heavy atom. The van der Waals surface area contributed by atoms with Crippen molar-refractivity contribution in [1.29, 1.82) is 0 Å². The predicted molar refractivity (Wildman–Crippen MR) is 193 cm³/mol. The molecule has 1 saturated heterocycles. The normalized spacial score (nSPS) is 24.3. The van der Waals surface area contributed by atoms with Crippen molar-refractivity contribution in [3.8, 4) is 11.5 Å². The third kappa shape index (κ3) is 3.94. The Labute approximate surface area is 292 Å². The van der Waals surface area contributed by atoms with E-state index in [9.17, 15) is 0 Å². The second-order valence-electron chi connectivity index (χ2n) is 12.3.